The molecule has 2 rings (SSSR count). The summed E-state index contributed by atoms with van der Waals surface area (Å²) in [6.07, 6.45) is 5.62. The van der Waals surface area contributed by atoms with Crippen molar-refractivity contribution in [2.45, 2.75) is 12.3 Å². The van der Waals surface area contributed by atoms with Crippen LogP contribution in [0.5, 0.6) is 0 Å². The molecule has 1 aliphatic heterocycles. The summed E-state index contributed by atoms with van der Waals surface area (Å²) in [4.78, 5) is 14.8. The topological polar surface area (TPSA) is 62.2 Å². The maximum atomic E-state index is 10.8. The average molecular weight is 204 g/mol. The average Bonchev–Trinajstić information content (AvgIpc) is 2.30. The molecular weight excluding hydrogens is 192 g/mol. The number of rotatable bonds is 2. The molecule has 0 aliphatic carbocycles. The highest BCUT2D eigenvalue weighted by Gasteiger charge is 2.20. The smallest absolute Gasteiger partial charge is 0.333 e. The van der Waals surface area contributed by atoms with Crippen LogP contribution in [0.3, 0.4) is 0 Å². The first-order valence-corrected chi connectivity index (χ1v) is 4.83. The summed E-state index contributed by atoms with van der Waals surface area (Å²) in [5.41, 5.74) is 1.56. The predicted octanol–water partition coefficient (Wildman–Crippen LogP) is 1.13. The van der Waals surface area contributed by atoms with Crippen molar-refractivity contribution in [2.75, 3.05) is 6.54 Å². The Labute approximate surface area is 87.7 Å². The van der Waals surface area contributed by atoms with Gasteiger partial charge in [-0.2, -0.15) is 0 Å². The number of carbonyl (C=O) groups is 1. The molecule has 1 unspecified atom stereocenters. The van der Waals surface area contributed by atoms with E-state index in [4.69, 9.17) is 5.11 Å². The van der Waals surface area contributed by atoms with Crippen molar-refractivity contribution in [3.05, 3.63) is 41.9 Å². The first-order chi connectivity index (χ1) is 7.27. The summed E-state index contributed by atoms with van der Waals surface area (Å²) in [7, 11) is 0. The van der Waals surface area contributed by atoms with Gasteiger partial charge in [0.25, 0.3) is 0 Å². The molecule has 0 aromatic carbocycles. The molecule has 0 spiro atoms. The molecule has 0 saturated carbocycles. The van der Waals surface area contributed by atoms with Gasteiger partial charge in [0.15, 0.2) is 0 Å². The molecule has 0 fully saturated rings. The van der Waals surface area contributed by atoms with Crippen LogP contribution in [0, 0.1) is 0 Å². The lowest BCUT2D eigenvalue weighted by Gasteiger charge is -2.22. The van der Waals surface area contributed by atoms with E-state index in [2.05, 4.69) is 10.3 Å². The second-order valence-corrected chi connectivity index (χ2v) is 3.56. The normalized spacial score (nSPS) is 20.3. The molecule has 2 N–H and O–H groups in total. The molecule has 4 nitrogen and oxygen atoms in total. The molecule has 2 heterocycles. The van der Waals surface area contributed by atoms with Gasteiger partial charge < -0.3 is 10.4 Å². The summed E-state index contributed by atoms with van der Waals surface area (Å²) >= 11 is 0. The third kappa shape index (κ3) is 2.15. The van der Waals surface area contributed by atoms with E-state index in [1.807, 2.05) is 12.1 Å². The fourth-order valence-corrected chi connectivity index (χ4v) is 1.74. The van der Waals surface area contributed by atoms with Gasteiger partial charge >= 0.3 is 5.97 Å². The number of aromatic nitrogens is 1. The van der Waals surface area contributed by atoms with Gasteiger partial charge in [0.05, 0.1) is 5.57 Å². The molecule has 4 heteroatoms. The van der Waals surface area contributed by atoms with Gasteiger partial charge in [-0.05, 0) is 24.1 Å². The Morgan fingerprint density at radius 1 is 1.47 bits per heavy atom. The fraction of sp³-hybridized carbons (Fsp3) is 0.273. The van der Waals surface area contributed by atoms with Crippen molar-refractivity contribution in [2.24, 2.45) is 0 Å². The first kappa shape index (κ1) is 9.71. The minimum atomic E-state index is -0.846. The SMILES string of the molecule is O=C(O)C1=CNCC(c2ccncc2)C1. The summed E-state index contributed by atoms with van der Waals surface area (Å²) in [6.45, 7) is 0.779. The van der Waals surface area contributed by atoms with E-state index < -0.39 is 5.97 Å². The molecule has 0 bridgehead atoms. The summed E-state index contributed by atoms with van der Waals surface area (Å²) in [5.74, 6) is -0.620. The zero-order chi connectivity index (χ0) is 10.7. The minimum Gasteiger partial charge on any atom is -0.478 e. The van der Waals surface area contributed by atoms with Crippen LogP contribution in [-0.4, -0.2) is 22.6 Å². The Morgan fingerprint density at radius 2 is 2.20 bits per heavy atom. The molecule has 0 radical (unpaired) electrons. The highest BCUT2D eigenvalue weighted by atomic mass is 16.4. The van der Waals surface area contributed by atoms with Gasteiger partial charge in [-0.3, -0.25) is 4.98 Å². The van der Waals surface area contributed by atoms with Crippen LogP contribution >= 0.6 is 0 Å². The highest BCUT2D eigenvalue weighted by Crippen LogP contribution is 2.25. The molecule has 1 aromatic heterocycles. The van der Waals surface area contributed by atoms with E-state index in [0.717, 1.165) is 12.1 Å². The number of nitrogens with zero attached hydrogens (tertiary/aromatic N) is 1. The lowest BCUT2D eigenvalue weighted by molar-refractivity contribution is -0.132. The minimum absolute atomic E-state index is 0.226. The number of hydrogen-bond donors (Lipinski definition) is 2. The van der Waals surface area contributed by atoms with Gasteiger partial charge in [-0.25, -0.2) is 4.79 Å². The quantitative estimate of drug-likeness (QED) is 0.758. The van der Waals surface area contributed by atoms with Crippen LogP contribution in [0.15, 0.2) is 36.3 Å². The van der Waals surface area contributed by atoms with E-state index in [0.29, 0.717) is 12.0 Å². The predicted molar refractivity (Wildman–Crippen MR) is 55.3 cm³/mol. The van der Waals surface area contributed by atoms with Crippen LogP contribution in [0.2, 0.25) is 0 Å². The van der Waals surface area contributed by atoms with Crippen molar-refractivity contribution in [3.63, 3.8) is 0 Å². The van der Waals surface area contributed by atoms with Crippen LogP contribution in [-0.2, 0) is 4.79 Å². The molecule has 1 aromatic rings. The number of pyridine rings is 1. The van der Waals surface area contributed by atoms with Crippen LogP contribution in [0.1, 0.15) is 17.9 Å². The van der Waals surface area contributed by atoms with Crippen molar-refractivity contribution in [3.8, 4) is 0 Å². The Kier molecular flexibility index (Phi) is 2.67. The fourth-order valence-electron chi connectivity index (χ4n) is 1.74. The number of carboxylic acid groups (broad SMARTS) is 1. The number of carboxylic acids is 1. The summed E-state index contributed by atoms with van der Waals surface area (Å²) in [5, 5.41) is 11.9. The molecule has 78 valence electrons. The Hall–Kier alpha value is -1.84. The third-order valence-electron chi connectivity index (χ3n) is 2.56. The van der Waals surface area contributed by atoms with Crippen molar-refractivity contribution in [1.29, 1.82) is 0 Å². The van der Waals surface area contributed by atoms with E-state index in [1.165, 1.54) is 0 Å². The van der Waals surface area contributed by atoms with Gasteiger partial charge in [-0.15, -0.1) is 0 Å². The molecule has 15 heavy (non-hydrogen) atoms. The molecule has 1 atom stereocenters. The molecular formula is C11H12N2O2. The second-order valence-electron chi connectivity index (χ2n) is 3.56. The first-order valence-electron chi connectivity index (χ1n) is 4.83. The second kappa shape index (κ2) is 4.13. The van der Waals surface area contributed by atoms with E-state index in [-0.39, 0.29) is 5.92 Å². The molecule has 0 amide bonds. The Morgan fingerprint density at radius 3 is 2.87 bits per heavy atom. The van der Waals surface area contributed by atoms with Crippen LogP contribution in [0.4, 0.5) is 0 Å². The molecule has 1 aliphatic rings. The van der Waals surface area contributed by atoms with Crippen molar-refractivity contribution < 1.29 is 9.90 Å². The third-order valence-corrected chi connectivity index (χ3v) is 2.56. The van der Waals surface area contributed by atoms with Gasteiger partial charge in [-0.1, -0.05) is 0 Å². The number of hydrogen-bond acceptors (Lipinski definition) is 3. The van der Waals surface area contributed by atoms with Crippen molar-refractivity contribution >= 4 is 5.97 Å². The van der Waals surface area contributed by atoms with Gasteiger partial charge in [0.2, 0.25) is 0 Å². The van der Waals surface area contributed by atoms with Crippen LogP contribution in [0.25, 0.3) is 0 Å². The van der Waals surface area contributed by atoms with E-state index in [9.17, 15) is 4.79 Å². The summed E-state index contributed by atoms with van der Waals surface area (Å²) in [6, 6.07) is 3.86. The summed E-state index contributed by atoms with van der Waals surface area (Å²) < 4.78 is 0. The van der Waals surface area contributed by atoms with E-state index in [1.54, 1.807) is 18.6 Å². The van der Waals surface area contributed by atoms with Gasteiger partial charge in [0.1, 0.15) is 0 Å². The number of aliphatic carboxylic acids is 1. The lowest BCUT2D eigenvalue weighted by atomic mass is 9.91. The van der Waals surface area contributed by atoms with E-state index >= 15 is 0 Å². The zero-order valence-electron chi connectivity index (χ0n) is 8.18. The maximum absolute atomic E-state index is 10.8. The number of nitrogens with one attached hydrogen (secondary N) is 1. The highest BCUT2D eigenvalue weighted by molar-refractivity contribution is 5.86. The lowest BCUT2D eigenvalue weighted by Crippen LogP contribution is -2.25. The zero-order valence-corrected chi connectivity index (χ0v) is 8.18. The van der Waals surface area contributed by atoms with Crippen LogP contribution < -0.4 is 5.32 Å². The Bertz CT molecular complexity index is 387. The largest absolute Gasteiger partial charge is 0.478 e. The maximum Gasteiger partial charge on any atom is 0.333 e. The molecule has 0 saturated heterocycles. The van der Waals surface area contributed by atoms with Gasteiger partial charge in [0, 0.05) is 31.1 Å². The Balaban J connectivity index is 2.15. The monoisotopic (exact) mass is 204 g/mol. The standard InChI is InChI=1S/C11H12N2O2/c14-11(15)10-5-9(6-13-7-10)8-1-3-12-4-2-8/h1-4,7,9,13H,5-6H2,(H,14,15). The van der Waals surface area contributed by atoms with Crippen molar-refractivity contribution in [1.82, 2.24) is 10.3 Å².